The lowest BCUT2D eigenvalue weighted by atomic mass is 10.1. The number of carbonyl (C=O) groups is 2. The van der Waals surface area contributed by atoms with E-state index in [1.54, 1.807) is 24.1 Å². The van der Waals surface area contributed by atoms with E-state index in [1.807, 2.05) is 6.92 Å². The van der Waals surface area contributed by atoms with Crippen molar-refractivity contribution in [2.24, 2.45) is 0 Å². The van der Waals surface area contributed by atoms with Crippen LogP contribution in [0.25, 0.3) is 0 Å². The third-order valence-electron chi connectivity index (χ3n) is 2.26. The minimum Gasteiger partial charge on any atom is -0.478 e. The fourth-order valence-corrected chi connectivity index (χ4v) is 1.44. The van der Waals surface area contributed by atoms with Crippen LogP contribution >= 0.6 is 0 Å². The minimum absolute atomic E-state index is 0.135. The molecule has 1 N–H and O–H groups in total. The predicted molar refractivity (Wildman–Crippen MR) is 60.7 cm³/mol. The fraction of sp³-hybridized carbons (Fsp3) is 0.333. The number of rotatable bonds is 4. The molecule has 0 unspecified atom stereocenters. The van der Waals surface area contributed by atoms with Gasteiger partial charge in [0.2, 0.25) is 0 Å². The van der Waals surface area contributed by atoms with Gasteiger partial charge in [0, 0.05) is 19.2 Å². The van der Waals surface area contributed by atoms with E-state index < -0.39 is 5.97 Å². The maximum Gasteiger partial charge on any atom is 0.335 e. The summed E-state index contributed by atoms with van der Waals surface area (Å²) in [7, 11) is 1.71. The number of aromatic carboxylic acids is 1. The van der Waals surface area contributed by atoms with E-state index in [2.05, 4.69) is 0 Å². The van der Waals surface area contributed by atoms with Gasteiger partial charge in [-0.15, -0.1) is 0 Å². The van der Waals surface area contributed by atoms with Crippen LogP contribution in [0.1, 0.15) is 34.1 Å². The van der Waals surface area contributed by atoms with Gasteiger partial charge in [-0.2, -0.15) is 0 Å². The second-order valence-electron chi connectivity index (χ2n) is 3.61. The SMILES string of the molecule is CCCN(C)C(=O)c1cccc(C(=O)O)c1. The molecule has 1 aromatic rings. The number of benzene rings is 1. The quantitative estimate of drug-likeness (QED) is 0.844. The molecule has 0 saturated heterocycles. The highest BCUT2D eigenvalue weighted by molar-refractivity contribution is 5.97. The Morgan fingerprint density at radius 3 is 2.50 bits per heavy atom. The van der Waals surface area contributed by atoms with Gasteiger partial charge in [0.05, 0.1) is 5.56 Å². The van der Waals surface area contributed by atoms with E-state index in [0.717, 1.165) is 6.42 Å². The molecule has 4 nitrogen and oxygen atoms in total. The zero-order valence-corrected chi connectivity index (χ0v) is 9.43. The maximum absolute atomic E-state index is 11.8. The van der Waals surface area contributed by atoms with Gasteiger partial charge in [0.25, 0.3) is 5.91 Å². The summed E-state index contributed by atoms with van der Waals surface area (Å²) < 4.78 is 0. The number of amides is 1. The standard InChI is InChI=1S/C12H15NO3/c1-3-7-13(2)11(14)9-5-4-6-10(8-9)12(15)16/h4-6,8H,3,7H2,1-2H3,(H,15,16). The molecule has 0 saturated carbocycles. The minimum atomic E-state index is -1.02. The largest absolute Gasteiger partial charge is 0.478 e. The van der Waals surface area contributed by atoms with Gasteiger partial charge in [-0.1, -0.05) is 13.0 Å². The molecule has 1 aromatic carbocycles. The predicted octanol–water partition coefficient (Wildman–Crippen LogP) is 1.87. The summed E-state index contributed by atoms with van der Waals surface area (Å²) in [6.07, 6.45) is 0.876. The van der Waals surface area contributed by atoms with E-state index in [1.165, 1.54) is 12.1 Å². The Morgan fingerprint density at radius 2 is 1.94 bits per heavy atom. The van der Waals surface area contributed by atoms with E-state index in [9.17, 15) is 9.59 Å². The molecular weight excluding hydrogens is 206 g/mol. The number of carbonyl (C=O) groups excluding carboxylic acids is 1. The Bertz CT molecular complexity index is 401. The highest BCUT2D eigenvalue weighted by Gasteiger charge is 2.12. The van der Waals surface area contributed by atoms with Crippen LogP contribution in [-0.4, -0.2) is 35.5 Å². The van der Waals surface area contributed by atoms with Gasteiger partial charge in [-0.25, -0.2) is 4.79 Å². The molecule has 0 aliphatic carbocycles. The molecule has 0 bridgehead atoms. The van der Waals surface area contributed by atoms with Crippen molar-refractivity contribution in [3.05, 3.63) is 35.4 Å². The first kappa shape index (κ1) is 12.2. The van der Waals surface area contributed by atoms with Crippen LogP contribution < -0.4 is 0 Å². The van der Waals surface area contributed by atoms with Crippen molar-refractivity contribution in [3.8, 4) is 0 Å². The summed E-state index contributed by atoms with van der Waals surface area (Å²) in [6, 6.07) is 6.08. The summed E-state index contributed by atoms with van der Waals surface area (Å²) in [5, 5.41) is 8.81. The third kappa shape index (κ3) is 2.82. The summed E-state index contributed by atoms with van der Waals surface area (Å²) in [6.45, 7) is 2.65. The van der Waals surface area contributed by atoms with Crippen LogP contribution in [-0.2, 0) is 0 Å². The van der Waals surface area contributed by atoms with Crippen molar-refractivity contribution in [1.82, 2.24) is 4.90 Å². The highest BCUT2D eigenvalue weighted by Crippen LogP contribution is 2.08. The average Bonchev–Trinajstić information content (AvgIpc) is 2.28. The van der Waals surface area contributed by atoms with E-state index >= 15 is 0 Å². The number of hydrogen-bond acceptors (Lipinski definition) is 2. The van der Waals surface area contributed by atoms with Gasteiger partial charge in [-0.05, 0) is 24.6 Å². The van der Waals surface area contributed by atoms with Crippen molar-refractivity contribution in [2.45, 2.75) is 13.3 Å². The molecule has 86 valence electrons. The van der Waals surface area contributed by atoms with Crippen LogP contribution in [0.4, 0.5) is 0 Å². The molecule has 0 atom stereocenters. The van der Waals surface area contributed by atoms with Crippen molar-refractivity contribution in [3.63, 3.8) is 0 Å². The Morgan fingerprint density at radius 1 is 1.31 bits per heavy atom. The summed E-state index contributed by atoms with van der Waals surface area (Å²) in [5.74, 6) is -1.17. The number of carboxylic acid groups (broad SMARTS) is 1. The molecule has 1 rings (SSSR count). The fourth-order valence-electron chi connectivity index (χ4n) is 1.44. The molecule has 4 heteroatoms. The lowest BCUT2D eigenvalue weighted by Crippen LogP contribution is -2.27. The second kappa shape index (κ2) is 5.30. The van der Waals surface area contributed by atoms with Crippen LogP contribution in [0.15, 0.2) is 24.3 Å². The highest BCUT2D eigenvalue weighted by atomic mass is 16.4. The second-order valence-corrected chi connectivity index (χ2v) is 3.61. The van der Waals surface area contributed by atoms with Crippen molar-refractivity contribution < 1.29 is 14.7 Å². The molecule has 0 fully saturated rings. The van der Waals surface area contributed by atoms with E-state index in [-0.39, 0.29) is 11.5 Å². The summed E-state index contributed by atoms with van der Waals surface area (Å²) >= 11 is 0. The lowest BCUT2D eigenvalue weighted by molar-refractivity contribution is 0.0697. The van der Waals surface area contributed by atoms with Crippen LogP contribution in [0.2, 0.25) is 0 Å². The molecular formula is C12H15NO3. The molecule has 1 amide bonds. The van der Waals surface area contributed by atoms with Gasteiger partial charge in [0.1, 0.15) is 0 Å². The first-order valence-electron chi connectivity index (χ1n) is 5.15. The number of hydrogen-bond donors (Lipinski definition) is 1. The Balaban J connectivity index is 2.91. The number of nitrogens with zero attached hydrogens (tertiary/aromatic N) is 1. The normalized spacial score (nSPS) is 9.88. The van der Waals surface area contributed by atoms with Gasteiger partial charge in [-0.3, -0.25) is 4.79 Å². The molecule has 16 heavy (non-hydrogen) atoms. The van der Waals surface area contributed by atoms with Crippen molar-refractivity contribution in [2.75, 3.05) is 13.6 Å². The molecule has 0 aliphatic rings. The lowest BCUT2D eigenvalue weighted by Gasteiger charge is -2.16. The van der Waals surface area contributed by atoms with Gasteiger partial charge >= 0.3 is 5.97 Å². The van der Waals surface area contributed by atoms with Crippen LogP contribution in [0, 0.1) is 0 Å². The smallest absolute Gasteiger partial charge is 0.335 e. The molecule has 0 spiro atoms. The van der Waals surface area contributed by atoms with Crippen molar-refractivity contribution >= 4 is 11.9 Å². The maximum atomic E-state index is 11.8. The Hall–Kier alpha value is -1.84. The average molecular weight is 221 g/mol. The van der Waals surface area contributed by atoms with Crippen LogP contribution in [0.3, 0.4) is 0 Å². The van der Waals surface area contributed by atoms with Gasteiger partial charge in [0.15, 0.2) is 0 Å². The van der Waals surface area contributed by atoms with Crippen molar-refractivity contribution in [1.29, 1.82) is 0 Å². The zero-order valence-electron chi connectivity index (χ0n) is 9.43. The summed E-state index contributed by atoms with van der Waals surface area (Å²) in [5.41, 5.74) is 0.548. The van der Waals surface area contributed by atoms with E-state index in [4.69, 9.17) is 5.11 Å². The monoisotopic (exact) mass is 221 g/mol. The van der Waals surface area contributed by atoms with E-state index in [0.29, 0.717) is 12.1 Å². The molecule has 0 heterocycles. The number of carboxylic acids is 1. The topological polar surface area (TPSA) is 57.6 Å². The van der Waals surface area contributed by atoms with Gasteiger partial charge < -0.3 is 10.0 Å². The first-order chi connectivity index (χ1) is 7.56. The van der Waals surface area contributed by atoms with Crippen LogP contribution in [0.5, 0.6) is 0 Å². The molecule has 0 aliphatic heterocycles. The molecule has 0 radical (unpaired) electrons. The molecule has 0 aromatic heterocycles. The zero-order chi connectivity index (χ0) is 12.1. The Kier molecular flexibility index (Phi) is 4.05. The third-order valence-corrected chi connectivity index (χ3v) is 2.26. The Labute approximate surface area is 94.5 Å². The summed E-state index contributed by atoms with van der Waals surface area (Å²) in [4.78, 5) is 24.2. The first-order valence-corrected chi connectivity index (χ1v) is 5.15.